The molecule has 0 aromatic carbocycles. The standard InChI is InChI=1S/C8H16ClNO2S/c1-2-3-7-6-8(7)10-13(11,12)5-4-9/h7-8,10H,2-6H2,1H3. The summed E-state index contributed by atoms with van der Waals surface area (Å²) in [6, 6.07) is 0.188. The molecule has 0 amide bonds. The summed E-state index contributed by atoms with van der Waals surface area (Å²) in [4.78, 5) is 0. The molecule has 3 nitrogen and oxygen atoms in total. The van der Waals surface area contributed by atoms with Gasteiger partial charge in [-0.1, -0.05) is 13.3 Å². The largest absolute Gasteiger partial charge is 0.213 e. The quantitative estimate of drug-likeness (QED) is 0.694. The fourth-order valence-corrected chi connectivity index (χ4v) is 3.15. The highest BCUT2D eigenvalue weighted by atomic mass is 35.5. The number of halogens is 1. The third kappa shape index (κ3) is 3.83. The smallest absolute Gasteiger partial charge is 0.212 e. The Hall–Kier alpha value is 0.200. The van der Waals surface area contributed by atoms with Crippen LogP contribution in [-0.4, -0.2) is 26.1 Å². The Balaban J connectivity index is 2.27. The van der Waals surface area contributed by atoms with E-state index in [1.54, 1.807) is 0 Å². The van der Waals surface area contributed by atoms with E-state index in [-0.39, 0.29) is 17.7 Å². The van der Waals surface area contributed by atoms with Crippen LogP contribution in [0, 0.1) is 5.92 Å². The van der Waals surface area contributed by atoms with Crippen molar-refractivity contribution in [2.24, 2.45) is 5.92 Å². The first-order chi connectivity index (χ1) is 6.09. The normalized spacial score (nSPS) is 27.5. The number of rotatable bonds is 6. The van der Waals surface area contributed by atoms with Crippen LogP contribution >= 0.6 is 11.6 Å². The van der Waals surface area contributed by atoms with Crippen molar-refractivity contribution in [1.82, 2.24) is 4.72 Å². The van der Waals surface area contributed by atoms with Gasteiger partial charge in [0.15, 0.2) is 0 Å². The molecule has 78 valence electrons. The van der Waals surface area contributed by atoms with Crippen molar-refractivity contribution in [3.8, 4) is 0 Å². The molecule has 1 N–H and O–H groups in total. The molecule has 0 heterocycles. The molecule has 1 aliphatic rings. The van der Waals surface area contributed by atoms with Gasteiger partial charge in [0.25, 0.3) is 0 Å². The predicted molar refractivity (Wildman–Crippen MR) is 54.4 cm³/mol. The number of sulfonamides is 1. The maximum atomic E-state index is 11.2. The summed E-state index contributed by atoms with van der Waals surface area (Å²) < 4.78 is 25.1. The lowest BCUT2D eigenvalue weighted by molar-refractivity contribution is 0.574. The molecule has 2 atom stereocenters. The van der Waals surface area contributed by atoms with E-state index in [2.05, 4.69) is 11.6 Å². The Kier molecular flexibility index (Phi) is 4.01. The van der Waals surface area contributed by atoms with Gasteiger partial charge >= 0.3 is 0 Å². The minimum absolute atomic E-state index is 0.0316. The van der Waals surface area contributed by atoms with E-state index < -0.39 is 10.0 Å². The van der Waals surface area contributed by atoms with Gasteiger partial charge in [-0.15, -0.1) is 11.6 Å². The van der Waals surface area contributed by atoms with Crippen molar-refractivity contribution in [3.05, 3.63) is 0 Å². The fraction of sp³-hybridized carbons (Fsp3) is 1.00. The van der Waals surface area contributed by atoms with Crippen molar-refractivity contribution < 1.29 is 8.42 Å². The van der Waals surface area contributed by atoms with Crippen molar-refractivity contribution in [3.63, 3.8) is 0 Å². The van der Waals surface area contributed by atoms with E-state index >= 15 is 0 Å². The number of hydrogen-bond donors (Lipinski definition) is 1. The van der Waals surface area contributed by atoms with Gasteiger partial charge in [-0.3, -0.25) is 0 Å². The van der Waals surface area contributed by atoms with Gasteiger partial charge in [-0.05, 0) is 18.8 Å². The van der Waals surface area contributed by atoms with Gasteiger partial charge < -0.3 is 0 Å². The molecule has 13 heavy (non-hydrogen) atoms. The van der Waals surface area contributed by atoms with Gasteiger partial charge in [0.1, 0.15) is 0 Å². The van der Waals surface area contributed by atoms with E-state index in [0.717, 1.165) is 19.3 Å². The lowest BCUT2D eigenvalue weighted by Gasteiger charge is -2.03. The van der Waals surface area contributed by atoms with E-state index in [1.807, 2.05) is 0 Å². The highest BCUT2D eigenvalue weighted by molar-refractivity contribution is 7.89. The fourth-order valence-electron chi connectivity index (χ4n) is 1.47. The second-order valence-corrected chi connectivity index (χ2v) is 5.77. The Morgan fingerprint density at radius 2 is 2.23 bits per heavy atom. The van der Waals surface area contributed by atoms with Gasteiger partial charge in [0.2, 0.25) is 10.0 Å². The lowest BCUT2D eigenvalue weighted by Crippen LogP contribution is -2.30. The zero-order valence-electron chi connectivity index (χ0n) is 7.79. The maximum Gasteiger partial charge on any atom is 0.213 e. The van der Waals surface area contributed by atoms with Crippen LogP contribution in [0.4, 0.5) is 0 Å². The Bertz CT molecular complexity index is 253. The van der Waals surface area contributed by atoms with Crippen LogP contribution in [-0.2, 0) is 10.0 Å². The van der Waals surface area contributed by atoms with Gasteiger partial charge in [-0.25, -0.2) is 13.1 Å². The summed E-state index contributed by atoms with van der Waals surface area (Å²) in [5, 5.41) is 0. The summed E-state index contributed by atoms with van der Waals surface area (Å²) >= 11 is 5.37. The highest BCUT2D eigenvalue weighted by Gasteiger charge is 2.38. The summed E-state index contributed by atoms with van der Waals surface area (Å²) in [6.07, 6.45) is 3.24. The monoisotopic (exact) mass is 225 g/mol. The van der Waals surface area contributed by atoms with Crippen molar-refractivity contribution in [2.45, 2.75) is 32.2 Å². The molecular formula is C8H16ClNO2S. The molecule has 0 bridgehead atoms. The molecule has 5 heteroatoms. The van der Waals surface area contributed by atoms with Gasteiger partial charge in [-0.2, -0.15) is 0 Å². The van der Waals surface area contributed by atoms with Crippen LogP contribution in [0.15, 0.2) is 0 Å². The van der Waals surface area contributed by atoms with Crippen molar-refractivity contribution in [1.29, 1.82) is 0 Å². The van der Waals surface area contributed by atoms with E-state index in [9.17, 15) is 8.42 Å². The highest BCUT2D eigenvalue weighted by Crippen LogP contribution is 2.34. The Morgan fingerprint density at radius 1 is 1.54 bits per heavy atom. The molecule has 0 saturated heterocycles. The SMILES string of the molecule is CCCC1CC1NS(=O)(=O)CCCl. The van der Waals surface area contributed by atoms with Crippen LogP contribution < -0.4 is 4.72 Å². The molecule has 0 aromatic heterocycles. The third-order valence-electron chi connectivity index (χ3n) is 2.26. The minimum Gasteiger partial charge on any atom is -0.212 e. The Labute approximate surface area is 84.9 Å². The van der Waals surface area contributed by atoms with Crippen LogP contribution in [0.2, 0.25) is 0 Å². The first-order valence-electron chi connectivity index (χ1n) is 4.65. The average Bonchev–Trinajstić information content (AvgIpc) is 2.67. The first-order valence-corrected chi connectivity index (χ1v) is 6.83. The van der Waals surface area contributed by atoms with Crippen molar-refractivity contribution in [2.75, 3.05) is 11.6 Å². The molecule has 0 aliphatic heterocycles. The van der Waals surface area contributed by atoms with Crippen molar-refractivity contribution >= 4 is 21.6 Å². The Morgan fingerprint density at radius 3 is 2.77 bits per heavy atom. The predicted octanol–water partition coefficient (Wildman–Crippen LogP) is 1.33. The average molecular weight is 226 g/mol. The third-order valence-corrected chi connectivity index (χ3v) is 4.08. The molecule has 1 fully saturated rings. The number of hydrogen-bond acceptors (Lipinski definition) is 2. The molecule has 1 rings (SSSR count). The second kappa shape index (κ2) is 4.62. The summed E-state index contributed by atoms with van der Waals surface area (Å²) in [6.45, 7) is 2.11. The van der Waals surface area contributed by atoms with Crippen LogP contribution in [0.3, 0.4) is 0 Å². The molecule has 1 aliphatic carbocycles. The van der Waals surface area contributed by atoms with E-state index in [4.69, 9.17) is 11.6 Å². The summed E-state index contributed by atoms with van der Waals surface area (Å²) in [7, 11) is -3.10. The van der Waals surface area contributed by atoms with E-state index in [0.29, 0.717) is 5.92 Å². The summed E-state index contributed by atoms with van der Waals surface area (Å²) in [5.41, 5.74) is 0. The molecule has 2 unspecified atom stereocenters. The van der Waals surface area contributed by atoms with Gasteiger partial charge in [0.05, 0.1) is 5.75 Å². The lowest BCUT2D eigenvalue weighted by atomic mass is 10.2. The van der Waals surface area contributed by atoms with Gasteiger partial charge in [0, 0.05) is 11.9 Å². The van der Waals surface area contributed by atoms with E-state index in [1.165, 1.54) is 0 Å². The molecule has 0 spiro atoms. The summed E-state index contributed by atoms with van der Waals surface area (Å²) in [5.74, 6) is 0.764. The zero-order chi connectivity index (χ0) is 9.90. The molecule has 1 saturated carbocycles. The second-order valence-electron chi connectivity index (χ2n) is 3.52. The number of alkyl halides is 1. The molecule has 0 aromatic rings. The molecule has 0 radical (unpaired) electrons. The first kappa shape index (κ1) is 11.3. The number of nitrogens with one attached hydrogen (secondary N) is 1. The maximum absolute atomic E-state index is 11.2. The van der Waals surface area contributed by atoms with Crippen LogP contribution in [0.1, 0.15) is 26.2 Å². The topological polar surface area (TPSA) is 46.2 Å². The minimum atomic E-state index is -3.10. The zero-order valence-corrected chi connectivity index (χ0v) is 9.37. The van der Waals surface area contributed by atoms with Crippen LogP contribution in [0.5, 0.6) is 0 Å². The van der Waals surface area contributed by atoms with Crippen LogP contribution in [0.25, 0.3) is 0 Å². The molecular weight excluding hydrogens is 210 g/mol.